The Morgan fingerprint density at radius 1 is 1.21 bits per heavy atom. The van der Waals surface area contributed by atoms with Crippen molar-refractivity contribution in [1.82, 2.24) is 0 Å². The molecule has 0 aliphatic carbocycles. The van der Waals surface area contributed by atoms with Gasteiger partial charge in [0.15, 0.2) is 0 Å². The van der Waals surface area contributed by atoms with Crippen LogP contribution in [0.25, 0.3) is 0 Å². The first-order valence-electron chi connectivity index (χ1n) is 6.08. The zero-order valence-corrected chi connectivity index (χ0v) is 13.5. The first-order valence-corrected chi connectivity index (χ1v) is 7.84. The molecule has 0 heterocycles. The molecule has 0 saturated heterocycles. The summed E-state index contributed by atoms with van der Waals surface area (Å²) in [5, 5.41) is 0. The molecule has 1 atom stereocenters. The summed E-state index contributed by atoms with van der Waals surface area (Å²) in [7, 11) is 2.21. The molecule has 0 aromatic heterocycles. The van der Waals surface area contributed by atoms with Gasteiger partial charge in [-0.05, 0) is 13.0 Å². The first-order chi connectivity index (χ1) is 8.94. The Labute approximate surface area is 116 Å². The van der Waals surface area contributed by atoms with Crippen molar-refractivity contribution in [2.24, 2.45) is 0 Å². The van der Waals surface area contributed by atoms with E-state index in [9.17, 15) is 4.79 Å². The molecule has 0 rings (SSSR count). The average molecular weight is 292 g/mol. The zero-order chi connectivity index (χ0) is 14.9. The number of hydrogen-bond donors (Lipinski definition) is 0. The van der Waals surface area contributed by atoms with E-state index in [1.54, 1.807) is 6.92 Å². The van der Waals surface area contributed by atoms with Crippen LogP contribution >= 0.6 is 0 Å². The summed E-state index contributed by atoms with van der Waals surface area (Å²) >= 11 is 0. The molecular formula is C12H24O6Si. The number of methoxy groups -OCH3 is 3. The van der Waals surface area contributed by atoms with Crippen LogP contribution in [0.15, 0.2) is 12.2 Å². The first kappa shape index (κ1) is 18.3. The molecule has 0 aromatic rings. The summed E-state index contributed by atoms with van der Waals surface area (Å²) in [4.78, 5) is 11.5. The highest BCUT2D eigenvalue weighted by molar-refractivity contribution is 6.47. The van der Waals surface area contributed by atoms with Gasteiger partial charge >= 0.3 is 21.2 Å². The van der Waals surface area contributed by atoms with Crippen LogP contribution in [0.4, 0.5) is 0 Å². The van der Waals surface area contributed by atoms with Crippen molar-refractivity contribution < 1.29 is 27.9 Å². The fourth-order valence-electron chi connectivity index (χ4n) is 1.25. The summed E-state index contributed by atoms with van der Waals surface area (Å²) in [6.45, 7) is 7.18. The Morgan fingerprint density at radius 3 is 2.11 bits per heavy atom. The summed E-state index contributed by atoms with van der Waals surface area (Å²) in [6.07, 6.45) is 0.861. The van der Waals surface area contributed by atoms with Gasteiger partial charge < -0.3 is 23.1 Å². The average Bonchev–Trinajstić information content (AvgIpc) is 2.40. The van der Waals surface area contributed by atoms with Crippen LogP contribution in [0.2, 0.25) is 6.04 Å². The highest BCUT2D eigenvalue weighted by atomic mass is 28.3. The van der Waals surface area contributed by atoms with Crippen LogP contribution in [0.3, 0.4) is 0 Å². The molecule has 0 spiro atoms. The molecule has 19 heavy (non-hydrogen) atoms. The third-order valence-electron chi connectivity index (χ3n) is 2.49. The number of carbonyl (C=O) groups excluding carboxylic acids is 1. The molecule has 112 valence electrons. The van der Waals surface area contributed by atoms with E-state index in [1.807, 2.05) is 6.92 Å². The van der Waals surface area contributed by atoms with Crippen LogP contribution in [-0.4, -0.2) is 49.2 Å². The minimum absolute atomic E-state index is 0.0386. The minimum Gasteiger partial charge on any atom is -0.493 e. The Balaban J connectivity index is 4.49. The van der Waals surface area contributed by atoms with Crippen molar-refractivity contribution in [3.8, 4) is 0 Å². The molecule has 6 nitrogen and oxygen atoms in total. The van der Waals surface area contributed by atoms with E-state index in [0.717, 1.165) is 6.42 Å². The lowest BCUT2D eigenvalue weighted by molar-refractivity contribution is -0.362. The van der Waals surface area contributed by atoms with Gasteiger partial charge in [-0.25, -0.2) is 4.79 Å². The second-order valence-electron chi connectivity index (χ2n) is 4.01. The van der Waals surface area contributed by atoms with Crippen molar-refractivity contribution in [2.45, 2.75) is 32.3 Å². The molecule has 7 heteroatoms. The summed E-state index contributed by atoms with van der Waals surface area (Å²) in [5.74, 6) is -1.70. The number of rotatable bonds is 10. The van der Waals surface area contributed by atoms with Crippen molar-refractivity contribution in [2.75, 3.05) is 27.9 Å². The molecule has 0 amide bonds. The smallest absolute Gasteiger partial charge is 0.385 e. The van der Waals surface area contributed by atoms with E-state index in [2.05, 4.69) is 6.58 Å². The monoisotopic (exact) mass is 292 g/mol. The van der Waals surface area contributed by atoms with Crippen molar-refractivity contribution in [1.29, 1.82) is 0 Å². The van der Waals surface area contributed by atoms with E-state index in [0.29, 0.717) is 11.6 Å². The van der Waals surface area contributed by atoms with Crippen LogP contribution in [0.5, 0.6) is 0 Å². The fourth-order valence-corrected chi connectivity index (χ4v) is 2.91. The summed E-state index contributed by atoms with van der Waals surface area (Å²) in [6, 6.07) is 0.701. The SMILES string of the molecule is C=C(C)C(=O)O[SiH](CCC)OCC(OC)(OC)OC. The number of carbonyl (C=O) groups is 1. The molecule has 0 aromatic carbocycles. The third kappa shape index (κ3) is 6.30. The molecule has 1 unspecified atom stereocenters. The lowest BCUT2D eigenvalue weighted by Crippen LogP contribution is -2.43. The van der Waals surface area contributed by atoms with E-state index >= 15 is 0 Å². The van der Waals surface area contributed by atoms with Crippen molar-refractivity contribution >= 4 is 15.3 Å². The molecule has 0 aliphatic rings. The zero-order valence-electron chi connectivity index (χ0n) is 12.4. The van der Waals surface area contributed by atoms with Gasteiger partial charge in [0.05, 0.1) is 0 Å². The maximum absolute atomic E-state index is 11.5. The predicted octanol–water partition coefficient (Wildman–Crippen LogP) is 1.35. The van der Waals surface area contributed by atoms with Crippen LogP contribution < -0.4 is 0 Å². The number of ether oxygens (including phenoxy) is 3. The predicted molar refractivity (Wildman–Crippen MR) is 72.9 cm³/mol. The normalized spacial score (nSPS) is 13.1. The molecule has 0 bridgehead atoms. The van der Waals surface area contributed by atoms with Crippen molar-refractivity contribution in [3.63, 3.8) is 0 Å². The van der Waals surface area contributed by atoms with Gasteiger partial charge in [0.25, 0.3) is 0 Å². The quantitative estimate of drug-likeness (QED) is 0.344. The van der Waals surface area contributed by atoms with Gasteiger partial charge in [0, 0.05) is 26.9 Å². The molecule has 0 fully saturated rings. The second-order valence-corrected chi connectivity index (χ2v) is 6.02. The fraction of sp³-hybridized carbons (Fsp3) is 0.750. The van der Waals surface area contributed by atoms with E-state index in [4.69, 9.17) is 23.1 Å². The van der Waals surface area contributed by atoms with Crippen LogP contribution in [0.1, 0.15) is 20.3 Å². The standard InChI is InChI=1S/C12H24O6Si/c1-7-8-19(18-11(13)10(2)3)17-9-12(14-4,15-5)16-6/h19H,2,7-9H2,1,3-6H3. The summed E-state index contributed by atoms with van der Waals surface area (Å²) in [5.41, 5.74) is 0.355. The van der Waals surface area contributed by atoms with E-state index < -0.39 is 21.2 Å². The van der Waals surface area contributed by atoms with Gasteiger partial charge in [0.1, 0.15) is 6.61 Å². The molecule has 0 saturated carbocycles. The summed E-state index contributed by atoms with van der Waals surface area (Å²) < 4.78 is 26.2. The maximum Gasteiger partial charge on any atom is 0.385 e. The molecule has 0 N–H and O–H groups in total. The van der Waals surface area contributed by atoms with Crippen molar-refractivity contribution in [3.05, 3.63) is 12.2 Å². The Kier molecular flexibility index (Phi) is 8.86. The Hall–Kier alpha value is -0.733. The molecular weight excluding hydrogens is 268 g/mol. The van der Waals surface area contributed by atoms with E-state index in [1.165, 1.54) is 21.3 Å². The van der Waals surface area contributed by atoms with Gasteiger partial charge in [-0.3, -0.25) is 0 Å². The molecule has 0 radical (unpaired) electrons. The largest absolute Gasteiger partial charge is 0.493 e. The highest BCUT2D eigenvalue weighted by Crippen LogP contribution is 2.15. The van der Waals surface area contributed by atoms with Crippen LogP contribution in [-0.2, 0) is 27.9 Å². The Bertz CT molecular complexity index is 282. The van der Waals surface area contributed by atoms with Gasteiger partial charge in [-0.1, -0.05) is 19.9 Å². The lowest BCUT2D eigenvalue weighted by atomic mass is 10.4. The topological polar surface area (TPSA) is 63.2 Å². The second kappa shape index (κ2) is 9.22. The maximum atomic E-state index is 11.5. The van der Waals surface area contributed by atoms with Gasteiger partial charge in [-0.2, -0.15) is 0 Å². The lowest BCUT2D eigenvalue weighted by Gasteiger charge is -2.29. The third-order valence-corrected chi connectivity index (χ3v) is 4.55. The van der Waals surface area contributed by atoms with Gasteiger partial charge in [-0.15, -0.1) is 0 Å². The number of hydrogen-bond acceptors (Lipinski definition) is 6. The Morgan fingerprint density at radius 2 is 1.74 bits per heavy atom. The molecule has 0 aliphatic heterocycles. The van der Waals surface area contributed by atoms with E-state index in [-0.39, 0.29) is 6.61 Å². The van der Waals surface area contributed by atoms with Gasteiger partial charge in [0.2, 0.25) is 0 Å². The minimum atomic E-state index is -2.14. The highest BCUT2D eigenvalue weighted by Gasteiger charge is 2.32. The van der Waals surface area contributed by atoms with Crippen LogP contribution in [0, 0.1) is 0 Å².